The first-order chi connectivity index (χ1) is 13.3. The molecule has 0 aliphatic carbocycles. The number of hydrogen-bond donors (Lipinski definition) is 1. The predicted molar refractivity (Wildman–Crippen MR) is 108 cm³/mol. The molecule has 1 saturated heterocycles. The number of urea groups is 1. The summed E-state index contributed by atoms with van der Waals surface area (Å²) in [4.78, 5) is 38.1. The number of aryl methyl sites for hydroxylation is 2. The minimum atomic E-state index is -0.650. The highest BCUT2D eigenvalue weighted by molar-refractivity contribution is 6.31. The number of imide groups is 2. The molecule has 0 radical (unpaired) electrons. The molecule has 146 valence electrons. The van der Waals surface area contributed by atoms with Crippen molar-refractivity contribution in [3.05, 3.63) is 58.4 Å². The monoisotopic (exact) mass is 379 g/mol. The van der Waals surface area contributed by atoms with E-state index in [1.807, 2.05) is 58.0 Å². The van der Waals surface area contributed by atoms with E-state index in [0.29, 0.717) is 13.0 Å². The lowest BCUT2D eigenvalue weighted by Gasteiger charge is -2.26. The van der Waals surface area contributed by atoms with Gasteiger partial charge in [-0.05, 0) is 57.0 Å². The van der Waals surface area contributed by atoms with Crippen molar-refractivity contribution < 1.29 is 14.4 Å². The molecule has 1 fully saturated rings. The molecular weight excluding hydrogens is 354 g/mol. The summed E-state index contributed by atoms with van der Waals surface area (Å²) < 4.78 is 2.08. The van der Waals surface area contributed by atoms with Gasteiger partial charge in [-0.15, -0.1) is 0 Å². The Hall–Kier alpha value is -3.15. The third-order valence-electron chi connectivity index (χ3n) is 4.98. The molecule has 1 aromatic carbocycles. The van der Waals surface area contributed by atoms with Crippen molar-refractivity contribution in [2.45, 2.75) is 40.5 Å². The fraction of sp³-hybridized carbons (Fsp3) is 0.318. The van der Waals surface area contributed by atoms with Crippen LogP contribution in [-0.4, -0.2) is 33.9 Å². The zero-order valence-electron chi connectivity index (χ0n) is 16.7. The van der Waals surface area contributed by atoms with E-state index in [1.54, 1.807) is 6.08 Å². The van der Waals surface area contributed by atoms with Crippen molar-refractivity contribution in [3.8, 4) is 5.69 Å². The molecule has 0 saturated carbocycles. The Kier molecular flexibility index (Phi) is 5.49. The molecule has 1 aliphatic rings. The van der Waals surface area contributed by atoms with E-state index >= 15 is 0 Å². The molecule has 2 heterocycles. The lowest BCUT2D eigenvalue weighted by atomic mass is 10.1. The molecule has 1 aromatic heterocycles. The number of carbonyl (C=O) groups is 3. The average molecular weight is 379 g/mol. The minimum absolute atomic E-state index is 0.0140. The van der Waals surface area contributed by atoms with Crippen LogP contribution in [0.15, 0.2) is 35.9 Å². The van der Waals surface area contributed by atoms with Gasteiger partial charge in [-0.3, -0.25) is 19.8 Å². The highest BCUT2D eigenvalue weighted by atomic mass is 16.2. The molecule has 6 heteroatoms. The number of nitrogens with one attached hydrogen (secondary N) is 1. The molecule has 1 N–H and O–H groups in total. The van der Waals surface area contributed by atoms with Crippen LogP contribution < -0.4 is 5.32 Å². The maximum absolute atomic E-state index is 12.7. The first kappa shape index (κ1) is 19.6. The number of barbiturate groups is 1. The number of rotatable bonds is 5. The summed E-state index contributed by atoms with van der Waals surface area (Å²) in [5.41, 5.74) is 4.88. The number of aromatic nitrogens is 1. The fourth-order valence-electron chi connectivity index (χ4n) is 3.39. The third kappa shape index (κ3) is 3.63. The normalized spacial score (nSPS) is 16.1. The fourth-order valence-corrected chi connectivity index (χ4v) is 3.39. The zero-order valence-corrected chi connectivity index (χ0v) is 16.7. The van der Waals surface area contributed by atoms with Crippen molar-refractivity contribution in [1.82, 2.24) is 14.8 Å². The van der Waals surface area contributed by atoms with E-state index < -0.39 is 17.8 Å². The molecule has 28 heavy (non-hydrogen) atoms. The summed E-state index contributed by atoms with van der Waals surface area (Å²) in [6, 6.07) is 9.45. The summed E-state index contributed by atoms with van der Waals surface area (Å²) in [6.45, 7) is 8.25. The van der Waals surface area contributed by atoms with Crippen LogP contribution in [0, 0.1) is 20.8 Å². The molecule has 0 atom stereocenters. The maximum atomic E-state index is 12.7. The van der Waals surface area contributed by atoms with Crippen molar-refractivity contribution in [3.63, 3.8) is 0 Å². The van der Waals surface area contributed by atoms with Gasteiger partial charge in [0.1, 0.15) is 5.57 Å². The second-order valence-corrected chi connectivity index (χ2v) is 7.13. The lowest BCUT2D eigenvalue weighted by Crippen LogP contribution is -2.54. The van der Waals surface area contributed by atoms with Crippen LogP contribution in [0.2, 0.25) is 0 Å². The zero-order chi connectivity index (χ0) is 20.4. The summed E-state index contributed by atoms with van der Waals surface area (Å²) in [6.07, 6.45) is 3.13. The SMILES string of the molecule is CCCCN1C(=O)NC(=O)/C(=C/c2cc(C)n(-c3ccc(C)cc3)c2C)C1=O. The van der Waals surface area contributed by atoms with Crippen LogP contribution in [0.3, 0.4) is 0 Å². The molecule has 4 amide bonds. The lowest BCUT2D eigenvalue weighted by molar-refractivity contribution is -0.130. The average Bonchev–Trinajstić information content (AvgIpc) is 2.93. The standard InChI is InChI=1S/C22H25N3O3/c1-5-6-11-24-21(27)19(20(26)23-22(24)28)13-17-12-15(3)25(16(17)4)18-9-7-14(2)8-10-18/h7-10,12-13H,5-6,11H2,1-4H3,(H,23,26,28)/b19-13-. The van der Waals surface area contributed by atoms with Gasteiger partial charge in [-0.25, -0.2) is 4.79 Å². The van der Waals surface area contributed by atoms with Crippen LogP contribution in [0.25, 0.3) is 11.8 Å². The number of amides is 4. The topological polar surface area (TPSA) is 71.4 Å². The summed E-state index contributed by atoms with van der Waals surface area (Å²) >= 11 is 0. The van der Waals surface area contributed by atoms with Crippen molar-refractivity contribution in [2.24, 2.45) is 0 Å². The number of hydrogen-bond acceptors (Lipinski definition) is 3. The maximum Gasteiger partial charge on any atom is 0.331 e. The molecule has 0 unspecified atom stereocenters. The Morgan fingerprint density at radius 1 is 1.04 bits per heavy atom. The van der Waals surface area contributed by atoms with Crippen LogP contribution >= 0.6 is 0 Å². The van der Waals surface area contributed by atoms with E-state index in [4.69, 9.17) is 0 Å². The van der Waals surface area contributed by atoms with Gasteiger partial charge < -0.3 is 4.57 Å². The van der Waals surface area contributed by atoms with Crippen LogP contribution in [0.1, 0.15) is 42.3 Å². The second-order valence-electron chi connectivity index (χ2n) is 7.13. The van der Waals surface area contributed by atoms with E-state index in [-0.39, 0.29) is 5.57 Å². The van der Waals surface area contributed by atoms with Gasteiger partial charge >= 0.3 is 6.03 Å². The van der Waals surface area contributed by atoms with Gasteiger partial charge in [0, 0.05) is 23.6 Å². The van der Waals surface area contributed by atoms with Gasteiger partial charge in [0.05, 0.1) is 0 Å². The van der Waals surface area contributed by atoms with Crippen LogP contribution in [0.4, 0.5) is 4.79 Å². The third-order valence-corrected chi connectivity index (χ3v) is 4.98. The Bertz CT molecular complexity index is 968. The molecular formula is C22H25N3O3. The molecule has 6 nitrogen and oxygen atoms in total. The smallest absolute Gasteiger partial charge is 0.318 e. The highest BCUT2D eigenvalue weighted by Crippen LogP contribution is 2.24. The van der Waals surface area contributed by atoms with Gasteiger partial charge in [-0.1, -0.05) is 31.0 Å². The molecule has 3 rings (SSSR count). The van der Waals surface area contributed by atoms with Crippen LogP contribution in [-0.2, 0) is 9.59 Å². The Labute approximate surface area is 164 Å². The Morgan fingerprint density at radius 3 is 2.36 bits per heavy atom. The van der Waals surface area contributed by atoms with E-state index in [9.17, 15) is 14.4 Å². The quantitative estimate of drug-likeness (QED) is 0.636. The summed E-state index contributed by atoms with van der Waals surface area (Å²) in [5, 5.41) is 2.27. The van der Waals surface area contributed by atoms with Crippen molar-refractivity contribution >= 4 is 23.9 Å². The van der Waals surface area contributed by atoms with Gasteiger partial charge in [0.25, 0.3) is 11.8 Å². The predicted octanol–water partition coefficient (Wildman–Crippen LogP) is 3.66. The van der Waals surface area contributed by atoms with Crippen molar-refractivity contribution in [2.75, 3.05) is 6.54 Å². The molecule has 0 spiro atoms. The minimum Gasteiger partial charge on any atom is -0.318 e. The first-order valence-corrected chi connectivity index (χ1v) is 9.48. The van der Waals surface area contributed by atoms with Crippen molar-refractivity contribution in [1.29, 1.82) is 0 Å². The molecule has 1 aliphatic heterocycles. The second kappa shape index (κ2) is 7.84. The number of nitrogens with zero attached hydrogens (tertiary/aromatic N) is 2. The number of carbonyl (C=O) groups excluding carboxylic acids is 3. The van der Waals surface area contributed by atoms with E-state index in [0.717, 1.165) is 34.0 Å². The van der Waals surface area contributed by atoms with E-state index in [2.05, 4.69) is 9.88 Å². The Morgan fingerprint density at radius 2 is 1.71 bits per heavy atom. The van der Waals surface area contributed by atoms with Crippen LogP contribution in [0.5, 0.6) is 0 Å². The number of unbranched alkanes of at least 4 members (excludes halogenated alkanes) is 1. The highest BCUT2D eigenvalue weighted by Gasteiger charge is 2.35. The van der Waals surface area contributed by atoms with Gasteiger partial charge in [0.2, 0.25) is 0 Å². The Balaban J connectivity index is 1.99. The van der Waals surface area contributed by atoms with Gasteiger partial charge in [-0.2, -0.15) is 0 Å². The van der Waals surface area contributed by atoms with E-state index in [1.165, 1.54) is 5.56 Å². The van der Waals surface area contributed by atoms with Gasteiger partial charge in [0.15, 0.2) is 0 Å². The summed E-state index contributed by atoms with van der Waals surface area (Å²) in [7, 11) is 0. The molecule has 2 aromatic rings. The first-order valence-electron chi connectivity index (χ1n) is 9.48. The molecule has 0 bridgehead atoms. The summed E-state index contributed by atoms with van der Waals surface area (Å²) in [5.74, 6) is -1.19. The largest absolute Gasteiger partial charge is 0.331 e. The number of benzene rings is 1.